The van der Waals surface area contributed by atoms with E-state index in [4.69, 9.17) is 15.2 Å². The van der Waals surface area contributed by atoms with Gasteiger partial charge in [0.2, 0.25) is 0 Å². The molecular weight excluding hydrogens is 386 g/mol. The maximum atomic E-state index is 11.2. The number of primary amides is 1. The molecule has 0 saturated carbocycles. The highest BCUT2D eigenvalue weighted by atomic mass is 16.5. The molecule has 1 heterocycles. The largest absolute Gasteiger partial charge is 0.507 e. The Morgan fingerprint density at radius 2 is 1.87 bits per heavy atom. The van der Waals surface area contributed by atoms with E-state index in [2.05, 4.69) is 5.32 Å². The van der Waals surface area contributed by atoms with Crippen LogP contribution in [-0.2, 0) is 0 Å². The molecule has 30 heavy (non-hydrogen) atoms. The van der Waals surface area contributed by atoms with Gasteiger partial charge in [-0.15, -0.1) is 0 Å². The van der Waals surface area contributed by atoms with E-state index in [0.717, 1.165) is 5.69 Å². The molecule has 8 nitrogen and oxygen atoms in total. The Morgan fingerprint density at radius 3 is 2.63 bits per heavy atom. The van der Waals surface area contributed by atoms with Gasteiger partial charge < -0.3 is 35.3 Å². The van der Waals surface area contributed by atoms with Crippen molar-refractivity contribution in [2.24, 2.45) is 5.73 Å². The first kappa shape index (κ1) is 21.2. The first-order chi connectivity index (χ1) is 14.5. The summed E-state index contributed by atoms with van der Waals surface area (Å²) < 4.78 is 13.3. The molecule has 1 unspecified atom stereocenters. The Hall–Kier alpha value is -3.49. The van der Waals surface area contributed by atoms with Crippen LogP contribution in [0, 0.1) is 0 Å². The van der Waals surface area contributed by atoms with Crippen LogP contribution in [0.3, 0.4) is 0 Å². The summed E-state index contributed by atoms with van der Waals surface area (Å²) in [4.78, 5) is 11.2. The van der Waals surface area contributed by atoms with Crippen molar-refractivity contribution >= 4 is 5.91 Å². The number of para-hydroxylation sites is 2. The van der Waals surface area contributed by atoms with Gasteiger partial charge in [-0.05, 0) is 42.5 Å². The highest BCUT2D eigenvalue weighted by Gasteiger charge is 2.10. The number of hydrogen-bond donors (Lipinski definition) is 4. The molecule has 0 spiro atoms. The molecule has 0 aliphatic heterocycles. The van der Waals surface area contributed by atoms with Gasteiger partial charge in [-0.1, -0.05) is 12.1 Å². The number of nitrogens with two attached hydrogens (primary N) is 1. The molecule has 3 aromatic rings. The van der Waals surface area contributed by atoms with E-state index in [1.165, 1.54) is 12.1 Å². The van der Waals surface area contributed by atoms with E-state index in [1.807, 2.05) is 53.4 Å². The Bertz CT molecular complexity index is 959. The molecule has 2 aromatic carbocycles. The molecule has 8 heteroatoms. The number of carbonyl (C=O) groups is 1. The molecule has 0 radical (unpaired) electrons. The van der Waals surface area contributed by atoms with E-state index in [0.29, 0.717) is 31.2 Å². The number of aliphatic hydroxyl groups is 1. The fourth-order valence-corrected chi connectivity index (χ4v) is 2.84. The van der Waals surface area contributed by atoms with Crippen LogP contribution >= 0.6 is 0 Å². The lowest BCUT2D eigenvalue weighted by Gasteiger charge is -2.16. The number of amides is 1. The van der Waals surface area contributed by atoms with Crippen molar-refractivity contribution in [2.45, 2.75) is 6.10 Å². The topological polar surface area (TPSA) is 119 Å². The number of aromatic hydroxyl groups is 1. The summed E-state index contributed by atoms with van der Waals surface area (Å²) in [5.74, 6) is 0.203. The second-order valence-electron chi connectivity index (χ2n) is 6.62. The quantitative estimate of drug-likeness (QED) is 0.357. The lowest BCUT2D eigenvalue weighted by atomic mass is 10.2. The Morgan fingerprint density at radius 1 is 1.10 bits per heavy atom. The third kappa shape index (κ3) is 5.76. The molecular formula is C22H25N3O5. The molecule has 0 fully saturated rings. The summed E-state index contributed by atoms with van der Waals surface area (Å²) in [6.07, 6.45) is 3.17. The number of ether oxygens (including phenoxy) is 2. The zero-order valence-electron chi connectivity index (χ0n) is 16.4. The lowest BCUT2D eigenvalue weighted by Crippen LogP contribution is -2.33. The molecule has 3 rings (SSSR count). The first-order valence-corrected chi connectivity index (χ1v) is 9.54. The smallest absolute Gasteiger partial charge is 0.252 e. The van der Waals surface area contributed by atoms with E-state index in [1.54, 1.807) is 6.07 Å². The molecule has 0 aliphatic rings. The summed E-state index contributed by atoms with van der Waals surface area (Å²) >= 11 is 0. The van der Waals surface area contributed by atoms with Gasteiger partial charge in [-0.2, -0.15) is 0 Å². The van der Waals surface area contributed by atoms with E-state index >= 15 is 0 Å². The van der Waals surface area contributed by atoms with Crippen molar-refractivity contribution in [1.29, 1.82) is 0 Å². The maximum Gasteiger partial charge on any atom is 0.252 e. The molecule has 0 bridgehead atoms. The SMILES string of the molecule is NC(=O)c1cc(OCCNCC(O)COc2ccccc2-n2cccc2)ccc1O. The Kier molecular flexibility index (Phi) is 7.31. The number of hydrogen-bond acceptors (Lipinski definition) is 6. The number of aliphatic hydroxyl groups excluding tert-OH is 1. The Balaban J connectivity index is 1.39. The van der Waals surface area contributed by atoms with Crippen molar-refractivity contribution in [3.8, 4) is 22.9 Å². The van der Waals surface area contributed by atoms with Crippen molar-refractivity contribution in [2.75, 3.05) is 26.3 Å². The third-order valence-corrected chi connectivity index (χ3v) is 4.34. The Labute approximate surface area is 174 Å². The van der Waals surface area contributed by atoms with Crippen molar-refractivity contribution in [1.82, 2.24) is 9.88 Å². The lowest BCUT2D eigenvalue weighted by molar-refractivity contribution is 0.0996. The minimum absolute atomic E-state index is 0.00761. The van der Waals surface area contributed by atoms with Crippen LogP contribution in [0.25, 0.3) is 5.69 Å². The third-order valence-electron chi connectivity index (χ3n) is 4.34. The molecule has 1 amide bonds. The van der Waals surface area contributed by atoms with Gasteiger partial charge in [0.25, 0.3) is 5.91 Å². The average molecular weight is 411 g/mol. The van der Waals surface area contributed by atoms with Gasteiger partial charge in [-0.3, -0.25) is 4.79 Å². The number of phenols is 1. The van der Waals surface area contributed by atoms with Crippen LogP contribution in [0.2, 0.25) is 0 Å². The monoisotopic (exact) mass is 411 g/mol. The number of nitrogens with zero attached hydrogens (tertiary/aromatic N) is 1. The number of benzene rings is 2. The normalized spacial score (nSPS) is 11.8. The molecule has 0 aliphatic carbocycles. The number of rotatable bonds is 11. The van der Waals surface area contributed by atoms with Crippen molar-refractivity contribution in [3.05, 3.63) is 72.6 Å². The maximum absolute atomic E-state index is 11.2. The van der Waals surface area contributed by atoms with Gasteiger partial charge in [0.1, 0.15) is 36.6 Å². The van der Waals surface area contributed by atoms with Crippen LogP contribution in [-0.4, -0.2) is 53.1 Å². The highest BCUT2D eigenvalue weighted by Crippen LogP contribution is 2.23. The van der Waals surface area contributed by atoms with Crippen LogP contribution in [0.15, 0.2) is 67.0 Å². The van der Waals surface area contributed by atoms with Gasteiger partial charge in [-0.25, -0.2) is 0 Å². The fourth-order valence-electron chi connectivity index (χ4n) is 2.84. The van der Waals surface area contributed by atoms with Crippen molar-refractivity contribution in [3.63, 3.8) is 0 Å². The highest BCUT2D eigenvalue weighted by molar-refractivity contribution is 5.95. The van der Waals surface area contributed by atoms with Gasteiger partial charge >= 0.3 is 0 Å². The predicted octanol–water partition coefficient (Wildman–Crippen LogP) is 1.69. The summed E-state index contributed by atoms with van der Waals surface area (Å²) in [5, 5.41) is 22.8. The average Bonchev–Trinajstić information content (AvgIpc) is 3.28. The van der Waals surface area contributed by atoms with Gasteiger partial charge in [0.05, 0.1) is 11.3 Å². The summed E-state index contributed by atoms with van der Waals surface area (Å²) in [7, 11) is 0. The molecule has 158 valence electrons. The minimum atomic E-state index is -0.724. The summed E-state index contributed by atoms with van der Waals surface area (Å²) in [6.45, 7) is 1.26. The van der Waals surface area contributed by atoms with E-state index in [-0.39, 0.29) is 17.9 Å². The molecule has 0 saturated heterocycles. The van der Waals surface area contributed by atoms with Crippen LogP contribution in [0.1, 0.15) is 10.4 Å². The number of nitrogens with one attached hydrogen (secondary N) is 1. The first-order valence-electron chi connectivity index (χ1n) is 9.54. The zero-order chi connectivity index (χ0) is 21.3. The standard InChI is InChI=1S/C22H25N3O5/c23-22(28)18-13-17(7-8-20(18)27)29-12-9-24-14-16(26)15-30-21-6-2-1-5-19(21)25-10-3-4-11-25/h1-8,10-11,13,16,24,26-27H,9,12,14-15H2,(H2,23,28). The van der Waals surface area contributed by atoms with Gasteiger partial charge in [0, 0.05) is 25.5 Å². The van der Waals surface area contributed by atoms with Gasteiger partial charge in [0.15, 0.2) is 0 Å². The zero-order valence-corrected chi connectivity index (χ0v) is 16.4. The summed E-state index contributed by atoms with van der Waals surface area (Å²) in [5.41, 5.74) is 6.10. The predicted molar refractivity (Wildman–Crippen MR) is 112 cm³/mol. The fraction of sp³-hybridized carbons (Fsp3) is 0.227. The number of carbonyl (C=O) groups excluding carboxylic acids is 1. The molecule has 5 N–H and O–H groups in total. The van der Waals surface area contributed by atoms with Crippen LogP contribution in [0.4, 0.5) is 0 Å². The molecule has 1 atom stereocenters. The van der Waals surface area contributed by atoms with Crippen LogP contribution in [0.5, 0.6) is 17.2 Å². The second-order valence-corrected chi connectivity index (χ2v) is 6.62. The second kappa shape index (κ2) is 10.3. The van der Waals surface area contributed by atoms with E-state index in [9.17, 15) is 15.0 Å². The molecule has 1 aromatic heterocycles. The van der Waals surface area contributed by atoms with Crippen molar-refractivity contribution < 1.29 is 24.5 Å². The van der Waals surface area contributed by atoms with E-state index < -0.39 is 12.0 Å². The minimum Gasteiger partial charge on any atom is -0.507 e. The van der Waals surface area contributed by atoms with Crippen LogP contribution < -0.4 is 20.5 Å². The number of aromatic nitrogens is 1. The summed E-state index contributed by atoms with van der Waals surface area (Å²) in [6, 6.07) is 15.8.